The summed E-state index contributed by atoms with van der Waals surface area (Å²) in [6.45, 7) is 4.47. The molecule has 1 saturated heterocycles. The fourth-order valence-corrected chi connectivity index (χ4v) is 2.80. The van der Waals surface area contributed by atoms with Gasteiger partial charge in [-0.1, -0.05) is 6.92 Å². The lowest BCUT2D eigenvalue weighted by molar-refractivity contribution is 0.166. The van der Waals surface area contributed by atoms with Gasteiger partial charge in [-0.05, 0) is 38.0 Å². The van der Waals surface area contributed by atoms with Crippen LogP contribution in [0.2, 0.25) is 0 Å². The molecule has 1 aliphatic carbocycles. The zero-order valence-electron chi connectivity index (χ0n) is 7.89. The van der Waals surface area contributed by atoms with Gasteiger partial charge < -0.3 is 5.32 Å². The van der Waals surface area contributed by atoms with E-state index in [2.05, 4.69) is 19.2 Å². The second-order valence-electron chi connectivity index (χ2n) is 4.50. The lowest BCUT2D eigenvalue weighted by atomic mass is 9.78. The van der Waals surface area contributed by atoms with Crippen molar-refractivity contribution in [3.8, 4) is 0 Å². The van der Waals surface area contributed by atoms with Crippen molar-refractivity contribution in [2.24, 2.45) is 11.8 Å². The molecule has 2 fully saturated rings. The first kappa shape index (κ1) is 8.49. The highest BCUT2D eigenvalue weighted by Gasteiger charge is 2.41. The lowest BCUT2D eigenvalue weighted by Crippen LogP contribution is -2.34. The fourth-order valence-electron chi connectivity index (χ4n) is 2.80. The molecule has 0 bridgehead atoms. The van der Waals surface area contributed by atoms with Crippen LogP contribution >= 0.6 is 0 Å². The van der Waals surface area contributed by atoms with Gasteiger partial charge in [0.2, 0.25) is 0 Å². The number of nitrogens with one attached hydrogen (secondary N) is 1. The van der Waals surface area contributed by atoms with E-state index >= 15 is 0 Å². The molecule has 0 aromatic heterocycles. The van der Waals surface area contributed by atoms with Gasteiger partial charge in [0.05, 0.1) is 0 Å². The second-order valence-corrected chi connectivity index (χ2v) is 4.50. The third kappa shape index (κ3) is 1.26. The summed E-state index contributed by atoms with van der Waals surface area (Å²) in [6.07, 6.45) is 2.08. The monoisotopic (exact) mass is 171 g/mol. The van der Waals surface area contributed by atoms with Crippen LogP contribution in [0.5, 0.6) is 0 Å². The number of fused-ring (bicyclic) bond motifs is 1. The Morgan fingerprint density at radius 2 is 2.00 bits per heavy atom. The van der Waals surface area contributed by atoms with E-state index in [0.29, 0.717) is 23.9 Å². The van der Waals surface area contributed by atoms with Crippen LogP contribution in [0.1, 0.15) is 33.1 Å². The minimum Gasteiger partial charge on any atom is -0.311 e. The van der Waals surface area contributed by atoms with Gasteiger partial charge in [0.15, 0.2) is 0 Å². The van der Waals surface area contributed by atoms with Crippen LogP contribution in [0.15, 0.2) is 0 Å². The van der Waals surface area contributed by atoms with Gasteiger partial charge in [-0.3, -0.25) is 0 Å². The van der Waals surface area contributed by atoms with Gasteiger partial charge in [-0.25, -0.2) is 4.39 Å². The van der Waals surface area contributed by atoms with Crippen molar-refractivity contribution in [2.75, 3.05) is 0 Å². The normalized spacial score (nSPS) is 53.8. The highest BCUT2D eigenvalue weighted by Crippen LogP contribution is 2.38. The summed E-state index contributed by atoms with van der Waals surface area (Å²) >= 11 is 0. The molecule has 5 unspecified atom stereocenters. The molecule has 0 aromatic carbocycles. The Bertz CT molecular complexity index is 171. The maximum atomic E-state index is 13.1. The molecule has 0 spiro atoms. The SMILES string of the molecule is CC1NC2CCC(F)CC2C1C. The topological polar surface area (TPSA) is 12.0 Å². The van der Waals surface area contributed by atoms with E-state index in [1.165, 1.54) is 0 Å². The Kier molecular flexibility index (Phi) is 2.11. The third-order valence-corrected chi connectivity index (χ3v) is 3.78. The number of rotatable bonds is 0. The number of halogens is 1. The first-order valence-corrected chi connectivity index (χ1v) is 5.08. The zero-order chi connectivity index (χ0) is 8.72. The van der Waals surface area contributed by atoms with E-state index in [-0.39, 0.29) is 0 Å². The quantitative estimate of drug-likeness (QED) is 0.588. The van der Waals surface area contributed by atoms with Crippen molar-refractivity contribution in [1.82, 2.24) is 5.32 Å². The summed E-state index contributed by atoms with van der Waals surface area (Å²) in [5.41, 5.74) is 0. The lowest BCUT2D eigenvalue weighted by Gasteiger charge is -2.29. The maximum Gasteiger partial charge on any atom is 0.101 e. The number of hydrogen-bond donors (Lipinski definition) is 1. The van der Waals surface area contributed by atoms with Crippen LogP contribution in [0.25, 0.3) is 0 Å². The summed E-state index contributed by atoms with van der Waals surface area (Å²) in [7, 11) is 0. The average Bonchev–Trinajstić information content (AvgIpc) is 2.31. The van der Waals surface area contributed by atoms with Crippen LogP contribution in [0.3, 0.4) is 0 Å². The van der Waals surface area contributed by atoms with Crippen molar-refractivity contribution in [2.45, 2.75) is 51.4 Å². The fraction of sp³-hybridized carbons (Fsp3) is 1.00. The van der Waals surface area contributed by atoms with Gasteiger partial charge >= 0.3 is 0 Å². The highest BCUT2D eigenvalue weighted by atomic mass is 19.1. The molecule has 1 N–H and O–H groups in total. The highest BCUT2D eigenvalue weighted by molar-refractivity contribution is 4.97. The van der Waals surface area contributed by atoms with Gasteiger partial charge in [-0.2, -0.15) is 0 Å². The molecule has 70 valence electrons. The predicted molar refractivity (Wildman–Crippen MR) is 47.8 cm³/mol. The van der Waals surface area contributed by atoms with E-state index in [1.807, 2.05) is 0 Å². The summed E-state index contributed by atoms with van der Waals surface area (Å²) < 4.78 is 13.1. The number of alkyl halides is 1. The summed E-state index contributed by atoms with van der Waals surface area (Å²) in [6, 6.07) is 1.20. The molecular weight excluding hydrogens is 153 g/mol. The van der Waals surface area contributed by atoms with Crippen molar-refractivity contribution in [1.29, 1.82) is 0 Å². The van der Waals surface area contributed by atoms with Crippen LogP contribution < -0.4 is 5.32 Å². The summed E-state index contributed by atoms with van der Waals surface area (Å²) in [5, 5.41) is 3.56. The average molecular weight is 171 g/mol. The molecule has 2 rings (SSSR count). The molecule has 1 aliphatic heterocycles. The van der Waals surface area contributed by atoms with Gasteiger partial charge in [0.25, 0.3) is 0 Å². The van der Waals surface area contributed by atoms with E-state index in [4.69, 9.17) is 0 Å². The van der Waals surface area contributed by atoms with Crippen LogP contribution in [-0.4, -0.2) is 18.3 Å². The minimum atomic E-state index is -0.527. The van der Waals surface area contributed by atoms with Crippen molar-refractivity contribution < 1.29 is 4.39 Å². The van der Waals surface area contributed by atoms with Gasteiger partial charge in [0, 0.05) is 12.1 Å². The molecule has 1 saturated carbocycles. The van der Waals surface area contributed by atoms with Crippen molar-refractivity contribution >= 4 is 0 Å². The smallest absolute Gasteiger partial charge is 0.101 e. The third-order valence-electron chi connectivity index (χ3n) is 3.78. The van der Waals surface area contributed by atoms with Crippen LogP contribution in [0.4, 0.5) is 4.39 Å². The van der Waals surface area contributed by atoms with Crippen LogP contribution in [-0.2, 0) is 0 Å². The van der Waals surface area contributed by atoms with Gasteiger partial charge in [-0.15, -0.1) is 0 Å². The Morgan fingerprint density at radius 1 is 1.25 bits per heavy atom. The molecule has 0 amide bonds. The molecule has 2 aliphatic rings. The van der Waals surface area contributed by atoms with E-state index in [9.17, 15) is 4.39 Å². The Hall–Kier alpha value is -0.110. The molecule has 1 nitrogen and oxygen atoms in total. The van der Waals surface area contributed by atoms with E-state index in [1.54, 1.807) is 0 Å². The summed E-state index contributed by atoms with van der Waals surface area (Å²) in [4.78, 5) is 0. The molecule has 12 heavy (non-hydrogen) atoms. The number of hydrogen-bond acceptors (Lipinski definition) is 1. The molecule has 2 heteroatoms. The molecule has 0 aromatic rings. The van der Waals surface area contributed by atoms with Crippen molar-refractivity contribution in [3.05, 3.63) is 0 Å². The first-order chi connectivity index (χ1) is 5.68. The van der Waals surface area contributed by atoms with E-state index < -0.39 is 6.17 Å². The van der Waals surface area contributed by atoms with Crippen molar-refractivity contribution in [3.63, 3.8) is 0 Å². The zero-order valence-corrected chi connectivity index (χ0v) is 7.89. The molecular formula is C10H18FN. The Labute approximate surface area is 73.7 Å². The predicted octanol–water partition coefficient (Wildman–Crippen LogP) is 2.12. The Morgan fingerprint density at radius 3 is 2.75 bits per heavy atom. The van der Waals surface area contributed by atoms with E-state index in [0.717, 1.165) is 19.3 Å². The van der Waals surface area contributed by atoms with Crippen LogP contribution in [0, 0.1) is 11.8 Å². The first-order valence-electron chi connectivity index (χ1n) is 5.08. The summed E-state index contributed by atoms with van der Waals surface area (Å²) in [5.74, 6) is 1.26. The Balaban J connectivity index is 2.05. The largest absolute Gasteiger partial charge is 0.311 e. The second kappa shape index (κ2) is 2.99. The maximum absolute atomic E-state index is 13.1. The molecule has 1 heterocycles. The standard InChI is InChI=1S/C10H18FN/c1-6-7(2)12-10-4-3-8(11)5-9(6)10/h6-10,12H,3-5H2,1-2H3. The molecule has 5 atom stereocenters. The van der Waals surface area contributed by atoms with Gasteiger partial charge in [0.1, 0.15) is 6.17 Å². The minimum absolute atomic E-state index is 0.527. The molecule has 0 radical (unpaired) electrons.